The molecular formula is C13H23N3O3. The van der Waals surface area contributed by atoms with Crippen LogP contribution in [0.4, 0.5) is 4.79 Å². The minimum Gasteiger partial charge on any atom is -0.391 e. The van der Waals surface area contributed by atoms with Gasteiger partial charge in [-0.2, -0.15) is 0 Å². The van der Waals surface area contributed by atoms with Gasteiger partial charge in [0.1, 0.15) is 11.5 Å². The van der Waals surface area contributed by atoms with Crippen molar-refractivity contribution in [1.82, 2.24) is 15.8 Å². The van der Waals surface area contributed by atoms with E-state index < -0.39 is 6.10 Å². The van der Waals surface area contributed by atoms with Gasteiger partial charge < -0.3 is 20.3 Å². The van der Waals surface area contributed by atoms with Crippen molar-refractivity contribution < 1.29 is 14.4 Å². The minimum absolute atomic E-state index is 0.221. The van der Waals surface area contributed by atoms with Gasteiger partial charge in [0.2, 0.25) is 0 Å². The highest BCUT2D eigenvalue weighted by molar-refractivity contribution is 5.73. The number of carbonyl (C=O) groups excluding carboxylic acids is 1. The van der Waals surface area contributed by atoms with Crippen molar-refractivity contribution in [2.24, 2.45) is 5.92 Å². The Hall–Kier alpha value is -1.56. The van der Waals surface area contributed by atoms with E-state index in [1.807, 2.05) is 13.8 Å². The summed E-state index contributed by atoms with van der Waals surface area (Å²) in [6.07, 6.45) is 1.30. The lowest BCUT2D eigenvalue weighted by Gasteiger charge is -2.20. The molecule has 1 aromatic rings. The lowest BCUT2D eigenvalue weighted by molar-refractivity contribution is 0.103. The second-order valence-electron chi connectivity index (χ2n) is 4.64. The summed E-state index contributed by atoms with van der Waals surface area (Å²) in [5.41, 5.74) is 0.674. The van der Waals surface area contributed by atoms with E-state index in [-0.39, 0.29) is 18.5 Å². The quantitative estimate of drug-likeness (QED) is 0.701. The van der Waals surface area contributed by atoms with E-state index in [4.69, 9.17) is 4.52 Å². The minimum atomic E-state index is -0.505. The van der Waals surface area contributed by atoms with Gasteiger partial charge in [-0.1, -0.05) is 31.8 Å². The van der Waals surface area contributed by atoms with Crippen molar-refractivity contribution in [2.75, 3.05) is 6.54 Å². The molecule has 0 radical (unpaired) electrons. The summed E-state index contributed by atoms with van der Waals surface area (Å²) in [5, 5.41) is 19.0. The first-order chi connectivity index (χ1) is 9.06. The van der Waals surface area contributed by atoms with E-state index >= 15 is 0 Å². The van der Waals surface area contributed by atoms with Crippen LogP contribution < -0.4 is 10.6 Å². The molecule has 108 valence electrons. The number of aryl methyl sites for hydroxylation is 1. The Morgan fingerprint density at radius 1 is 1.42 bits per heavy atom. The molecule has 2 amide bonds. The maximum absolute atomic E-state index is 11.5. The molecular weight excluding hydrogens is 246 g/mol. The van der Waals surface area contributed by atoms with Gasteiger partial charge in [0.15, 0.2) is 0 Å². The molecule has 1 atom stereocenters. The summed E-state index contributed by atoms with van der Waals surface area (Å²) < 4.78 is 4.89. The largest absolute Gasteiger partial charge is 0.391 e. The SMILES string of the molecule is CCC(CC)[C@@H](O)CNC(=O)NCc1cc(C)on1. The fraction of sp³-hybridized carbons (Fsp3) is 0.692. The summed E-state index contributed by atoms with van der Waals surface area (Å²) in [6, 6.07) is 1.45. The third-order valence-corrected chi connectivity index (χ3v) is 3.17. The number of carbonyl (C=O) groups is 1. The summed E-state index contributed by atoms with van der Waals surface area (Å²) in [4.78, 5) is 11.5. The average molecular weight is 269 g/mol. The number of hydrogen-bond acceptors (Lipinski definition) is 4. The van der Waals surface area contributed by atoms with Crippen molar-refractivity contribution in [3.8, 4) is 0 Å². The van der Waals surface area contributed by atoms with Crippen molar-refractivity contribution >= 4 is 6.03 Å². The molecule has 6 nitrogen and oxygen atoms in total. The molecule has 3 N–H and O–H groups in total. The highest BCUT2D eigenvalue weighted by atomic mass is 16.5. The van der Waals surface area contributed by atoms with E-state index in [2.05, 4.69) is 15.8 Å². The predicted octanol–water partition coefficient (Wildman–Crippen LogP) is 1.58. The Bertz CT molecular complexity index is 388. The Morgan fingerprint density at radius 3 is 2.63 bits per heavy atom. The number of rotatable bonds is 7. The molecule has 0 saturated carbocycles. The number of aliphatic hydroxyl groups excluding tert-OH is 1. The topological polar surface area (TPSA) is 87.4 Å². The standard InChI is InChI=1S/C13H23N3O3/c1-4-10(5-2)12(17)8-15-13(18)14-7-11-6-9(3)19-16-11/h6,10,12,17H,4-5,7-8H2,1-3H3,(H2,14,15,18)/t12-/m0/s1. The fourth-order valence-corrected chi connectivity index (χ4v) is 1.93. The molecule has 1 aromatic heterocycles. The lowest BCUT2D eigenvalue weighted by atomic mass is 9.97. The predicted molar refractivity (Wildman–Crippen MR) is 71.6 cm³/mol. The number of aromatic nitrogens is 1. The van der Waals surface area contributed by atoms with Crippen LogP contribution in [0.15, 0.2) is 10.6 Å². The maximum atomic E-state index is 11.5. The van der Waals surface area contributed by atoms with E-state index in [1.54, 1.807) is 13.0 Å². The van der Waals surface area contributed by atoms with Crippen LogP contribution in [0, 0.1) is 12.8 Å². The summed E-state index contributed by atoms with van der Waals surface area (Å²) in [6.45, 7) is 6.43. The second-order valence-corrected chi connectivity index (χ2v) is 4.64. The second kappa shape index (κ2) is 7.78. The third kappa shape index (κ3) is 5.30. The molecule has 0 aromatic carbocycles. The van der Waals surface area contributed by atoms with Crippen LogP contribution >= 0.6 is 0 Å². The number of nitrogens with zero attached hydrogens (tertiary/aromatic N) is 1. The Kier molecular flexibility index (Phi) is 6.35. The van der Waals surface area contributed by atoms with Crippen LogP contribution in [-0.2, 0) is 6.54 Å². The van der Waals surface area contributed by atoms with Gasteiger partial charge in [0.25, 0.3) is 0 Å². The molecule has 19 heavy (non-hydrogen) atoms. The zero-order valence-corrected chi connectivity index (χ0v) is 11.8. The number of urea groups is 1. The molecule has 0 bridgehead atoms. The van der Waals surface area contributed by atoms with Crippen LogP contribution in [0.25, 0.3) is 0 Å². The zero-order chi connectivity index (χ0) is 14.3. The van der Waals surface area contributed by atoms with Gasteiger partial charge in [-0.3, -0.25) is 0 Å². The lowest BCUT2D eigenvalue weighted by Crippen LogP contribution is -2.41. The summed E-state index contributed by atoms with van der Waals surface area (Å²) in [7, 11) is 0. The van der Waals surface area contributed by atoms with Crippen LogP contribution in [-0.4, -0.2) is 28.9 Å². The molecule has 1 rings (SSSR count). The molecule has 0 fully saturated rings. The third-order valence-electron chi connectivity index (χ3n) is 3.17. The molecule has 0 aliphatic heterocycles. The first kappa shape index (κ1) is 15.5. The Balaban J connectivity index is 2.24. The number of aliphatic hydroxyl groups is 1. The van der Waals surface area contributed by atoms with Crippen molar-refractivity contribution in [3.05, 3.63) is 17.5 Å². The number of nitrogens with one attached hydrogen (secondary N) is 2. The normalized spacial score (nSPS) is 12.5. The molecule has 0 unspecified atom stereocenters. The summed E-state index contributed by atoms with van der Waals surface area (Å²) in [5.74, 6) is 0.930. The fourth-order valence-electron chi connectivity index (χ4n) is 1.93. The van der Waals surface area contributed by atoms with Gasteiger partial charge in [0.05, 0.1) is 12.6 Å². The van der Waals surface area contributed by atoms with Crippen LogP contribution in [0.1, 0.15) is 38.1 Å². The van der Waals surface area contributed by atoms with Crippen LogP contribution in [0.3, 0.4) is 0 Å². The highest BCUT2D eigenvalue weighted by Crippen LogP contribution is 2.12. The van der Waals surface area contributed by atoms with E-state index in [1.165, 1.54) is 0 Å². The summed E-state index contributed by atoms with van der Waals surface area (Å²) >= 11 is 0. The van der Waals surface area contributed by atoms with Crippen LogP contribution in [0.5, 0.6) is 0 Å². The molecule has 0 saturated heterocycles. The first-order valence-corrected chi connectivity index (χ1v) is 6.68. The van der Waals surface area contributed by atoms with E-state index in [0.717, 1.165) is 12.8 Å². The van der Waals surface area contributed by atoms with Gasteiger partial charge in [-0.05, 0) is 12.8 Å². The van der Waals surface area contributed by atoms with Gasteiger partial charge in [-0.25, -0.2) is 4.79 Å². The zero-order valence-electron chi connectivity index (χ0n) is 11.8. The van der Waals surface area contributed by atoms with Crippen molar-refractivity contribution in [3.63, 3.8) is 0 Å². The molecule has 1 heterocycles. The highest BCUT2D eigenvalue weighted by Gasteiger charge is 2.16. The molecule has 6 heteroatoms. The average Bonchev–Trinajstić information content (AvgIpc) is 2.81. The number of hydrogen-bond donors (Lipinski definition) is 3. The molecule has 0 spiro atoms. The van der Waals surface area contributed by atoms with Gasteiger partial charge in [0, 0.05) is 12.6 Å². The van der Waals surface area contributed by atoms with Crippen molar-refractivity contribution in [1.29, 1.82) is 0 Å². The maximum Gasteiger partial charge on any atom is 0.315 e. The van der Waals surface area contributed by atoms with Gasteiger partial charge >= 0.3 is 6.03 Å². The first-order valence-electron chi connectivity index (χ1n) is 6.68. The number of amides is 2. The van der Waals surface area contributed by atoms with E-state index in [9.17, 15) is 9.90 Å². The molecule has 0 aliphatic carbocycles. The van der Waals surface area contributed by atoms with Gasteiger partial charge in [-0.15, -0.1) is 0 Å². The Labute approximate surface area is 113 Å². The van der Waals surface area contributed by atoms with Crippen molar-refractivity contribution in [2.45, 2.75) is 46.3 Å². The smallest absolute Gasteiger partial charge is 0.315 e. The van der Waals surface area contributed by atoms with Crippen LogP contribution in [0.2, 0.25) is 0 Å². The Morgan fingerprint density at radius 2 is 2.11 bits per heavy atom. The van der Waals surface area contributed by atoms with E-state index in [0.29, 0.717) is 18.0 Å². The monoisotopic (exact) mass is 269 g/mol. The molecule has 0 aliphatic rings.